The summed E-state index contributed by atoms with van der Waals surface area (Å²) >= 11 is 1.00. The van der Waals surface area contributed by atoms with Crippen LogP contribution in [0.15, 0.2) is 30.6 Å². The maximum absolute atomic E-state index is 14.9. The number of aromatic nitrogens is 4. The summed E-state index contributed by atoms with van der Waals surface area (Å²) in [5, 5.41) is 7.43. The van der Waals surface area contributed by atoms with Crippen molar-refractivity contribution in [2.45, 2.75) is 39.5 Å². The standard InChI is InChI=1S/C24H31F2N7OS2/c1-4-32(5-2)15-7-14-31(3)36-34-24-29-23(30-33(24)35-26)28-22-19-9-6-8-18(19)21(25)16-20(22)17-10-12-27-13-11-17/h10-13,16H,4-9,14-15H2,1-3H3,(H,28,30). The molecule has 2 heterocycles. The van der Waals surface area contributed by atoms with Gasteiger partial charge in [-0.1, -0.05) is 13.8 Å². The Morgan fingerprint density at radius 3 is 2.61 bits per heavy atom. The minimum Gasteiger partial charge on any atom is -0.372 e. The first-order valence-electron chi connectivity index (χ1n) is 12.1. The van der Waals surface area contributed by atoms with E-state index in [1.165, 1.54) is 6.07 Å². The van der Waals surface area contributed by atoms with Crippen molar-refractivity contribution >= 4 is 36.2 Å². The molecule has 0 saturated carbocycles. The number of hydrogen-bond donors (Lipinski definition) is 1. The SMILES string of the molecule is CCN(CC)CCCN(C)SOc1nc(Nc2c(-c3ccncc3)cc(F)c3c2CCC3)nn1SF. The van der Waals surface area contributed by atoms with Crippen LogP contribution in [0.25, 0.3) is 11.1 Å². The highest BCUT2D eigenvalue weighted by atomic mass is 32.2. The van der Waals surface area contributed by atoms with Crippen molar-refractivity contribution in [1.82, 2.24) is 28.4 Å². The van der Waals surface area contributed by atoms with Gasteiger partial charge in [0.2, 0.25) is 0 Å². The molecule has 1 aliphatic carbocycles. The van der Waals surface area contributed by atoms with Gasteiger partial charge in [-0.2, -0.15) is 4.98 Å². The van der Waals surface area contributed by atoms with E-state index in [0.717, 1.165) is 78.6 Å². The van der Waals surface area contributed by atoms with E-state index in [4.69, 9.17) is 4.18 Å². The van der Waals surface area contributed by atoms with Crippen LogP contribution >= 0.6 is 24.6 Å². The van der Waals surface area contributed by atoms with Gasteiger partial charge in [-0.15, -0.1) is 13.1 Å². The molecule has 0 fully saturated rings. The van der Waals surface area contributed by atoms with Crippen LogP contribution in [0, 0.1) is 5.82 Å². The summed E-state index contributed by atoms with van der Waals surface area (Å²) in [4.78, 5) is 10.8. The molecule has 8 nitrogen and oxygen atoms in total. The van der Waals surface area contributed by atoms with Crippen molar-refractivity contribution in [3.63, 3.8) is 0 Å². The zero-order valence-corrected chi connectivity index (χ0v) is 22.3. The summed E-state index contributed by atoms with van der Waals surface area (Å²) in [5.41, 5.74) is 3.83. The molecule has 0 atom stereocenters. The zero-order valence-electron chi connectivity index (χ0n) is 20.7. The van der Waals surface area contributed by atoms with Crippen LogP contribution in [-0.4, -0.2) is 61.6 Å². The Labute approximate surface area is 219 Å². The Kier molecular flexibility index (Phi) is 9.41. The highest BCUT2D eigenvalue weighted by molar-refractivity contribution is 7.93. The molecule has 1 N–H and O–H groups in total. The number of rotatable bonds is 13. The first-order valence-corrected chi connectivity index (χ1v) is 13.5. The largest absolute Gasteiger partial charge is 0.372 e. The van der Waals surface area contributed by atoms with E-state index in [1.807, 2.05) is 23.5 Å². The van der Waals surface area contributed by atoms with Crippen LogP contribution < -0.4 is 9.50 Å². The monoisotopic (exact) mass is 535 g/mol. The number of pyridine rings is 1. The molecule has 4 rings (SSSR count). The van der Waals surface area contributed by atoms with Crippen LogP contribution in [0.5, 0.6) is 6.01 Å². The second kappa shape index (κ2) is 12.7. The van der Waals surface area contributed by atoms with Crippen LogP contribution in [0.2, 0.25) is 0 Å². The van der Waals surface area contributed by atoms with Crippen molar-refractivity contribution in [2.24, 2.45) is 0 Å². The molecule has 3 aromatic rings. The molecule has 1 aromatic carbocycles. The fourth-order valence-corrected chi connectivity index (χ4v) is 5.17. The fraction of sp³-hybridized carbons (Fsp3) is 0.458. The molecule has 0 saturated heterocycles. The maximum Gasteiger partial charge on any atom is 0.343 e. The van der Waals surface area contributed by atoms with E-state index in [0.29, 0.717) is 17.5 Å². The third-order valence-corrected chi connectivity index (χ3v) is 7.30. The lowest BCUT2D eigenvalue weighted by atomic mass is 9.97. The van der Waals surface area contributed by atoms with Crippen molar-refractivity contribution in [1.29, 1.82) is 0 Å². The van der Waals surface area contributed by atoms with Gasteiger partial charge in [0.05, 0.1) is 5.69 Å². The highest BCUT2D eigenvalue weighted by Crippen LogP contribution is 2.40. The number of nitrogens with one attached hydrogen (secondary N) is 1. The predicted octanol–water partition coefficient (Wildman–Crippen LogP) is 5.70. The Bertz CT molecular complexity index is 1150. The second-order valence-corrected chi connectivity index (χ2v) is 9.93. The Morgan fingerprint density at radius 2 is 1.89 bits per heavy atom. The van der Waals surface area contributed by atoms with Crippen molar-refractivity contribution in [3.05, 3.63) is 47.5 Å². The molecular weight excluding hydrogens is 504 g/mol. The van der Waals surface area contributed by atoms with Crippen molar-refractivity contribution < 1.29 is 12.5 Å². The molecule has 0 bridgehead atoms. The topological polar surface area (TPSA) is 71.3 Å². The lowest BCUT2D eigenvalue weighted by molar-refractivity contribution is 0.291. The Morgan fingerprint density at radius 1 is 1.14 bits per heavy atom. The molecule has 0 amide bonds. The highest BCUT2D eigenvalue weighted by Gasteiger charge is 2.25. The third kappa shape index (κ3) is 6.28. The van der Waals surface area contributed by atoms with Gasteiger partial charge >= 0.3 is 6.01 Å². The number of benzene rings is 1. The summed E-state index contributed by atoms with van der Waals surface area (Å²) in [6.45, 7) is 8.16. The molecule has 0 aliphatic heterocycles. The normalized spacial score (nSPS) is 13.0. The third-order valence-electron chi connectivity index (χ3n) is 6.27. The minimum atomic E-state index is -0.220. The number of nitrogens with zero attached hydrogens (tertiary/aromatic N) is 6. The predicted molar refractivity (Wildman–Crippen MR) is 142 cm³/mol. The molecule has 0 unspecified atom stereocenters. The number of anilines is 2. The molecule has 0 spiro atoms. The van der Waals surface area contributed by atoms with Gasteiger partial charge in [-0.05, 0) is 80.2 Å². The fourth-order valence-electron chi connectivity index (χ4n) is 4.37. The van der Waals surface area contributed by atoms with Gasteiger partial charge in [0.1, 0.15) is 5.82 Å². The van der Waals surface area contributed by atoms with Gasteiger partial charge in [0.25, 0.3) is 5.95 Å². The summed E-state index contributed by atoms with van der Waals surface area (Å²) in [6.07, 6.45) is 6.61. The van der Waals surface area contributed by atoms with Crippen LogP contribution in [0.3, 0.4) is 0 Å². The first kappa shape index (κ1) is 26.6. The van der Waals surface area contributed by atoms with Crippen LogP contribution in [0.1, 0.15) is 37.8 Å². The zero-order chi connectivity index (χ0) is 25.5. The average molecular weight is 536 g/mol. The van der Waals surface area contributed by atoms with Gasteiger partial charge in [-0.3, -0.25) is 4.98 Å². The Balaban J connectivity index is 1.49. The van der Waals surface area contributed by atoms with Gasteiger partial charge in [-0.25, -0.2) is 8.70 Å². The van der Waals surface area contributed by atoms with E-state index in [1.54, 1.807) is 12.4 Å². The quantitative estimate of drug-likeness (QED) is 0.219. The van der Waals surface area contributed by atoms with E-state index < -0.39 is 0 Å². The van der Waals surface area contributed by atoms with Crippen LogP contribution in [-0.2, 0) is 12.8 Å². The summed E-state index contributed by atoms with van der Waals surface area (Å²) in [7, 11) is 1.91. The molecule has 12 heteroatoms. The number of hydrogen-bond acceptors (Lipinski definition) is 9. The molecule has 36 heavy (non-hydrogen) atoms. The van der Waals surface area contributed by atoms with Gasteiger partial charge in [0.15, 0.2) is 24.6 Å². The van der Waals surface area contributed by atoms with Crippen molar-refractivity contribution in [3.8, 4) is 17.1 Å². The minimum absolute atomic E-state index is 0.0230. The molecule has 194 valence electrons. The summed E-state index contributed by atoms with van der Waals surface area (Å²) in [6, 6.07) is 5.20. The molecular formula is C24H31F2N7OS2. The van der Waals surface area contributed by atoms with E-state index in [-0.39, 0.29) is 30.1 Å². The van der Waals surface area contributed by atoms with Gasteiger partial charge in [0, 0.05) is 31.5 Å². The Hall–Kier alpha value is -2.41. The number of fused-ring (bicyclic) bond motifs is 1. The summed E-state index contributed by atoms with van der Waals surface area (Å²) < 4.78 is 37.1. The van der Waals surface area contributed by atoms with Gasteiger partial charge < -0.3 is 14.4 Å². The lowest BCUT2D eigenvalue weighted by Crippen LogP contribution is -2.26. The second-order valence-electron chi connectivity index (χ2n) is 8.50. The van der Waals surface area contributed by atoms with Crippen LogP contribution in [0.4, 0.5) is 19.9 Å². The lowest BCUT2D eigenvalue weighted by Gasteiger charge is -2.19. The molecule has 1 aliphatic rings. The average Bonchev–Trinajstić information content (AvgIpc) is 3.55. The smallest absolute Gasteiger partial charge is 0.343 e. The van der Waals surface area contributed by atoms with E-state index in [2.05, 4.69) is 39.1 Å². The van der Waals surface area contributed by atoms with E-state index in [9.17, 15) is 8.28 Å². The number of halogens is 2. The summed E-state index contributed by atoms with van der Waals surface area (Å²) in [5.74, 6) is -0.0435. The maximum atomic E-state index is 14.9. The van der Waals surface area contributed by atoms with E-state index >= 15 is 0 Å². The van der Waals surface area contributed by atoms with Crippen molar-refractivity contribution in [2.75, 3.05) is 38.5 Å². The first-order chi connectivity index (χ1) is 17.5. The molecule has 0 radical (unpaired) electrons. The molecule has 2 aromatic heterocycles.